The van der Waals surface area contributed by atoms with Crippen molar-refractivity contribution in [3.63, 3.8) is 0 Å². The standard InChI is InChI=1S/C50H27BF3N/c52-45-42-34-20-10-18-31-22-24-38-48(40(31)34)55-49-39(25-23-32-19-11-21-35(41(32)49)43(50(42)55)46(53)47(45)54)51(38)44-36(29-14-6-2-7-15-29)26-33(28-12-4-1-5-13-28)27-37(44)30-16-8-3-9-17-30/h1-27H. The zero-order valence-corrected chi connectivity index (χ0v) is 29.2. The summed E-state index contributed by atoms with van der Waals surface area (Å²) in [6.07, 6.45) is 0. The number of hydrogen-bond donors (Lipinski definition) is 0. The molecule has 0 aromatic heterocycles. The molecule has 0 radical (unpaired) electrons. The fraction of sp³-hybridized carbons (Fsp3) is 0. The highest BCUT2D eigenvalue weighted by molar-refractivity contribution is 7.00. The quantitative estimate of drug-likeness (QED) is 0.130. The first-order chi connectivity index (χ1) is 27.1. The Morgan fingerprint density at radius 2 is 0.818 bits per heavy atom. The van der Waals surface area contributed by atoms with Crippen LogP contribution in [0.1, 0.15) is 0 Å². The Morgan fingerprint density at radius 1 is 0.364 bits per heavy atom. The summed E-state index contributed by atoms with van der Waals surface area (Å²) in [6.45, 7) is -0.287. The van der Waals surface area contributed by atoms with Crippen LogP contribution >= 0.6 is 0 Å². The molecular formula is C50H27BF3N. The molecule has 3 heterocycles. The van der Waals surface area contributed by atoms with Crippen molar-refractivity contribution in [1.29, 1.82) is 0 Å². The van der Waals surface area contributed by atoms with E-state index in [0.29, 0.717) is 16.8 Å². The molecule has 9 aromatic carbocycles. The summed E-state index contributed by atoms with van der Waals surface area (Å²) in [5, 5.41) is 3.48. The average Bonchev–Trinajstić information content (AvgIpc) is 3.25. The second kappa shape index (κ2) is 11.1. The molecule has 0 unspecified atom stereocenters. The fourth-order valence-corrected chi connectivity index (χ4v) is 9.77. The first-order valence-electron chi connectivity index (χ1n) is 18.5. The van der Waals surface area contributed by atoms with E-state index in [1.807, 2.05) is 54.6 Å². The van der Waals surface area contributed by atoms with E-state index in [9.17, 15) is 0 Å². The van der Waals surface area contributed by atoms with Crippen LogP contribution in [0.5, 0.6) is 0 Å². The van der Waals surface area contributed by atoms with E-state index in [4.69, 9.17) is 0 Å². The number of nitrogens with zero attached hydrogens (tertiary/aromatic N) is 1. The number of rotatable bonds is 4. The van der Waals surface area contributed by atoms with E-state index in [2.05, 4.69) is 114 Å². The predicted molar refractivity (Wildman–Crippen MR) is 221 cm³/mol. The summed E-state index contributed by atoms with van der Waals surface area (Å²) >= 11 is 0. The molecule has 3 aliphatic heterocycles. The van der Waals surface area contributed by atoms with Gasteiger partial charge in [0.05, 0.1) is 5.69 Å². The highest BCUT2D eigenvalue weighted by Crippen LogP contribution is 2.61. The second-order valence-electron chi connectivity index (χ2n) is 14.7. The van der Waals surface area contributed by atoms with E-state index in [0.717, 1.165) is 82.7 Å². The number of benzene rings is 9. The molecule has 0 N–H and O–H groups in total. The Hall–Kier alpha value is -6.85. The second-order valence-corrected chi connectivity index (χ2v) is 14.7. The smallest absolute Gasteiger partial charge is 0.248 e. The molecule has 5 heteroatoms. The maximum Gasteiger partial charge on any atom is 0.248 e. The van der Waals surface area contributed by atoms with E-state index < -0.39 is 17.5 Å². The lowest BCUT2D eigenvalue weighted by molar-refractivity contribution is 0.451. The van der Waals surface area contributed by atoms with Gasteiger partial charge in [-0.15, -0.1) is 0 Å². The Bertz CT molecular complexity index is 2940. The van der Waals surface area contributed by atoms with Crippen molar-refractivity contribution in [2.75, 3.05) is 4.90 Å². The van der Waals surface area contributed by atoms with Crippen molar-refractivity contribution in [1.82, 2.24) is 0 Å². The molecule has 0 fully saturated rings. The summed E-state index contributed by atoms with van der Waals surface area (Å²) in [4.78, 5) is 2.06. The number of fused-ring (bicyclic) bond motifs is 2. The molecule has 0 saturated carbocycles. The zero-order chi connectivity index (χ0) is 36.5. The first-order valence-corrected chi connectivity index (χ1v) is 18.5. The molecule has 1 nitrogen and oxygen atoms in total. The van der Waals surface area contributed by atoms with Crippen LogP contribution in [0, 0.1) is 17.5 Å². The van der Waals surface area contributed by atoms with Gasteiger partial charge in [0.1, 0.15) is 0 Å². The molecule has 3 aliphatic rings. The average molecular weight is 710 g/mol. The van der Waals surface area contributed by atoms with Gasteiger partial charge in [-0.05, 0) is 78.3 Å². The third-order valence-corrected chi connectivity index (χ3v) is 12.0. The van der Waals surface area contributed by atoms with Crippen LogP contribution in [0.4, 0.5) is 30.2 Å². The molecular weight excluding hydrogens is 682 g/mol. The van der Waals surface area contributed by atoms with Crippen LogP contribution < -0.4 is 21.3 Å². The lowest BCUT2D eigenvalue weighted by atomic mass is 9.33. The number of hydrogen-bond acceptors (Lipinski definition) is 1. The van der Waals surface area contributed by atoms with Gasteiger partial charge in [0, 0.05) is 33.3 Å². The van der Waals surface area contributed by atoms with Crippen molar-refractivity contribution >= 4 is 61.7 Å². The maximum atomic E-state index is 16.4. The van der Waals surface area contributed by atoms with Crippen LogP contribution in [0.25, 0.3) is 77.2 Å². The molecule has 0 amide bonds. The van der Waals surface area contributed by atoms with Gasteiger partial charge in [-0.25, -0.2) is 13.2 Å². The maximum absolute atomic E-state index is 16.4. The fourth-order valence-electron chi connectivity index (χ4n) is 9.77. The molecule has 0 atom stereocenters. The number of halogens is 3. The van der Waals surface area contributed by atoms with E-state index in [-0.39, 0.29) is 17.8 Å². The van der Waals surface area contributed by atoms with Crippen LogP contribution in [0.15, 0.2) is 164 Å². The lowest BCUT2D eigenvalue weighted by Gasteiger charge is -2.46. The van der Waals surface area contributed by atoms with Gasteiger partial charge >= 0.3 is 0 Å². The summed E-state index contributed by atoms with van der Waals surface area (Å²) < 4.78 is 48.6. The third kappa shape index (κ3) is 3.99. The monoisotopic (exact) mass is 709 g/mol. The van der Waals surface area contributed by atoms with Crippen LogP contribution in [0.3, 0.4) is 0 Å². The van der Waals surface area contributed by atoms with Crippen molar-refractivity contribution in [2.45, 2.75) is 0 Å². The van der Waals surface area contributed by atoms with Crippen LogP contribution in [0.2, 0.25) is 0 Å². The SMILES string of the molecule is Fc1c(F)c2c3c(c1F)-c1cccc4ccc5c(c14)N3c1c(ccc3cccc-2c13)B5c1c(-c2ccccc2)cc(-c2ccccc2)cc1-c1ccccc1. The summed E-state index contributed by atoms with van der Waals surface area (Å²) in [5.74, 6) is -3.77. The molecule has 55 heavy (non-hydrogen) atoms. The van der Waals surface area contributed by atoms with E-state index in [1.165, 1.54) is 0 Å². The van der Waals surface area contributed by atoms with Crippen molar-refractivity contribution < 1.29 is 13.2 Å². The van der Waals surface area contributed by atoms with Crippen LogP contribution in [-0.2, 0) is 0 Å². The highest BCUT2D eigenvalue weighted by atomic mass is 19.2. The summed E-state index contributed by atoms with van der Waals surface area (Å²) in [7, 11) is 0. The Morgan fingerprint density at radius 3 is 1.29 bits per heavy atom. The first kappa shape index (κ1) is 30.6. The summed E-state index contributed by atoms with van der Waals surface area (Å²) in [6, 6.07) is 56.3. The molecule has 256 valence electrons. The molecule has 0 aliphatic carbocycles. The Balaban J connectivity index is 1.30. The van der Waals surface area contributed by atoms with Gasteiger partial charge in [-0.1, -0.05) is 157 Å². The molecule has 0 bridgehead atoms. The van der Waals surface area contributed by atoms with Gasteiger partial charge in [0.25, 0.3) is 0 Å². The zero-order valence-electron chi connectivity index (χ0n) is 29.2. The minimum absolute atomic E-state index is 0.0993. The van der Waals surface area contributed by atoms with Crippen molar-refractivity contribution in [3.05, 3.63) is 181 Å². The van der Waals surface area contributed by atoms with E-state index >= 15 is 13.2 Å². The minimum Gasteiger partial charge on any atom is -0.309 e. The highest BCUT2D eigenvalue weighted by Gasteiger charge is 2.47. The van der Waals surface area contributed by atoms with E-state index in [1.54, 1.807) is 0 Å². The minimum atomic E-state index is -1.45. The number of anilines is 3. The van der Waals surface area contributed by atoms with Gasteiger partial charge in [-0.3, -0.25) is 0 Å². The topological polar surface area (TPSA) is 3.24 Å². The molecule has 0 spiro atoms. The lowest BCUT2D eigenvalue weighted by Crippen LogP contribution is -2.59. The molecule has 12 rings (SSSR count). The Labute approximate surface area is 315 Å². The predicted octanol–water partition coefficient (Wildman–Crippen LogP) is 11.7. The van der Waals surface area contributed by atoms with Crippen molar-refractivity contribution in [3.8, 4) is 55.6 Å². The van der Waals surface area contributed by atoms with Crippen LogP contribution in [-0.4, -0.2) is 6.71 Å². The summed E-state index contributed by atoms with van der Waals surface area (Å²) in [5.41, 5.74) is 13.3. The van der Waals surface area contributed by atoms with Crippen molar-refractivity contribution in [2.24, 2.45) is 0 Å². The Kier molecular flexibility index (Phi) is 6.17. The molecule has 0 saturated heterocycles. The van der Waals surface area contributed by atoms with Gasteiger partial charge < -0.3 is 4.90 Å². The third-order valence-electron chi connectivity index (χ3n) is 12.0. The largest absolute Gasteiger partial charge is 0.309 e. The van der Waals surface area contributed by atoms with Gasteiger partial charge in [0.15, 0.2) is 17.5 Å². The molecule has 9 aromatic rings. The van der Waals surface area contributed by atoms with Gasteiger partial charge in [-0.2, -0.15) is 0 Å². The normalized spacial score (nSPS) is 12.9. The van der Waals surface area contributed by atoms with Gasteiger partial charge in [0.2, 0.25) is 6.71 Å².